The fourth-order valence-corrected chi connectivity index (χ4v) is 3.77. The van der Waals surface area contributed by atoms with Gasteiger partial charge in [-0.25, -0.2) is 0 Å². The minimum atomic E-state index is 0.456. The number of para-hydroxylation sites is 1. The lowest BCUT2D eigenvalue weighted by Gasteiger charge is -2.22. The first-order valence-corrected chi connectivity index (χ1v) is 12.0. The SMILES string of the molecule is CCCCN(CCCC)CCCNCc1cccc(OC)c1OCc1cccc(Cl)c1. The van der Waals surface area contributed by atoms with E-state index < -0.39 is 0 Å². The summed E-state index contributed by atoms with van der Waals surface area (Å²) in [4.78, 5) is 2.61. The zero-order valence-electron chi connectivity index (χ0n) is 19.5. The quantitative estimate of drug-likeness (QED) is 0.306. The number of unbranched alkanes of at least 4 members (excludes halogenated alkanes) is 2. The molecule has 0 fully saturated rings. The average molecular weight is 447 g/mol. The molecule has 5 heteroatoms. The maximum atomic E-state index is 6.15. The van der Waals surface area contributed by atoms with Gasteiger partial charge >= 0.3 is 0 Å². The summed E-state index contributed by atoms with van der Waals surface area (Å²) in [5.41, 5.74) is 2.15. The zero-order chi connectivity index (χ0) is 22.3. The standard InChI is InChI=1S/C26H39ClN2O2/c1-4-6-16-29(17-7-5-2)18-10-15-28-20-23-12-9-14-25(30-3)26(23)31-21-22-11-8-13-24(27)19-22/h8-9,11-14,19,28H,4-7,10,15-18,20-21H2,1-3H3. The molecule has 2 rings (SSSR count). The van der Waals surface area contributed by atoms with Crippen molar-refractivity contribution in [1.82, 2.24) is 10.2 Å². The van der Waals surface area contributed by atoms with Crippen LogP contribution in [0.1, 0.15) is 57.1 Å². The van der Waals surface area contributed by atoms with E-state index in [-0.39, 0.29) is 0 Å². The number of ether oxygens (including phenoxy) is 2. The van der Waals surface area contributed by atoms with Crippen molar-refractivity contribution in [3.05, 3.63) is 58.6 Å². The van der Waals surface area contributed by atoms with Crippen LogP contribution in [0.15, 0.2) is 42.5 Å². The molecule has 0 aromatic heterocycles. The summed E-state index contributed by atoms with van der Waals surface area (Å²) in [6, 6.07) is 13.8. The van der Waals surface area contributed by atoms with Gasteiger partial charge in [-0.05, 0) is 69.2 Å². The molecular formula is C26H39ClN2O2. The third-order valence-electron chi connectivity index (χ3n) is 5.35. The molecule has 0 aliphatic rings. The van der Waals surface area contributed by atoms with E-state index in [1.807, 2.05) is 36.4 Å². The lowest BCUT2D eigenvalue weighted by Crippen LogP contribution is -2.29. The number of hydrogen-bond donors (Lipinski definition) is 1. The van der Waals surface area contributed by atoms with Gasteiger partial charge in [0.2, 0.25) is 0 Å². The molecule has 1 N–H and O–H groups in total. The molecule has 0 bridgehead atoms. The molecule has 0 unspecified atom stereocenters. The van der Waals surface area contributed by atoms with Crippen molar-refractivity contribution in [3.63, 3.8) is 0 Å². The molecule has 172 valence electrons. The Morgan fingerprint density at radius 3 is 2.32 bits per heavy atom. The van der Waals surface area contributed by atoms with Crippen molar-refractivity contribution in [2.45, 2.75) is 59.1 Å². The summed E-state index contributed by atoms with van der Waals surface area (Å²) in [6.07, 6.45) is 6.24. The van der Waals surface area contributed by atoms with Crippen LogP contribution in [0.4, 0.5) is 0 Å². The highest BCUT2D eigenvalue weighted by Gasteiger charge is 2.11. The van der Waals surface area contributed by atoms with Crippen LogP contribution in [0.5, 0.6) is 11.5 Å². The van der Waals surface area contributed by atoms with Crippen molar-refractivity contribution in [3.8, 4) is 11.5 Å². The predicted molar refractivity (Wildman–Crippen MR) is 131 cm³/mol. The van der Waals surface area contributed by atoms with Crippen molar-refractivity contribution < 1.29 is 9.47 Å². The molecule has 0 saturated heterocycles. The van der Waals surface area contributed by atoms with Gasteiger partial charge in [0, 0.05) is 17.1 Å². The highest BCUT2D eigenvalue weighted by molar-refractivity contribution is 6.30. The molecule has 0 heterocycles. The van der Waals surface area contributed by atoms with Crippen molar-refractivity contribution in [2.24, 2.45) is 0 Å². The second kappa shape index (κ2) is 15.1. The van der Waals surface area contributed by atoms with Crippen molar-refractivity contribution in [1.29, 1.82) is 0 Å². The summed E-state index contributed by atoms with van der Waals surface area (Å²) in [6.45, 7) is 10.3. The first-order chi connectivity index (χ1) is 15.2. The maximum Gasteiger partial charge on any atom is 0.166 e. The second-order valence-corrected chi connectivity index (χ2v) is 8.38. The third kappa shape index (κ3) is 9.51. The van der Waals surface area contributed by atoms with Crippen LogP contribution in [-0.2, 0) is 13.2 Å². The van der Waals surface area contributed by atoms with E-state index in [1.54, 1.807) is 7.11 Å². The second-order valence-electron chi connectivity index (χ2n) is 7.95. The molecule has 0 atom stereocenters. The Balaban J connectivity index is 1.86. The number of methoxy groups -OCH3 is 1. The Kier molecular flexibility index (Phi) is 12.4. The van der Waals surface area contributed by atoms with Gasteiger partial charge in [0.05, 0.1) is 7.11 Å². The molecule has 31 heavy (non-hydrogen) atoms. The third-order valence-corrected chi connectivity index (χ3v) is 5.59. The fraction of sp³-hybridized carbons (Fsp3) is 0.538. The predicted octanol–water partition coefficient (Wildman–Crippen LogP) is 6.31. The number of benzene rings is 2. The molecule has 0 radical (unpaired) electrons. The van der Waals surface area contributed by atoms with Crippen molar-refractivity contribution >= 4 is 11.6 Å². The molecule has 0 saturated carbocycles. The van der Waals surface area contributed by atoms with E-state index in [0.29, 0.717) is 6.61 Å². The van der Waals surface area contributed by atoms with E-state index in [1.165, 1.54) is 38.8 Å². The maximum absolute atomic E-state index is 6.15. The molecule has 2 aromatic carbocycles. The molecule has 2 aromatic rings. The first kappa shape index (κ1) is 25.5. The van der Waals surface area contributed by atoms with Gasteiger partial charge in [-0.3, -0.25) is 0 Å². The lowest BCUT2D eigenvalue weighted by atomic mass is 10.1. The Morgan fingerprint density at radius 1 is 0.935 bits per heavy atom. The highest BCUT2D eigenvalue weighted by Crippen LogP contribution is 2.32. The highest BCUT2D eigenvalue weighted by atomic mass is 35.5. The minimum absolute atomic E-state index is 0.456. The minimum Gasteiger partial charge on any atom is -0.493 e. The zero-order valence-corrected chi connectivity index (χ0v) is 20.2. The van der Waals surface area contributed by atoms with Crippen LogP contribution >= 0.6 is 11.6 Å². The van der Waals surface area contributed by atoms with E-state index in [9.17, 15) is 0 Å². The fourth-order valence-electron chi connectivity index (χ4n) is 3.56. The van der Waals surface area contributed by atoms with Gasteiger partial charge in [-0.2, -0.15) is 0 Å². The summed E-state index contributed by atoms with van der Waals surface area (Å²) >= 11 is 6.10. The number of halogens is 1. The Bertz CT molecular complexity index is 746. The number of nitrogens with one attached hydrogen (secondary N) is 1. The summed E-state index contributed by atoms with van der Waals surface area (Å²) < 4.78 is 11.7. The van der Waals surface area contributed by atoms with Gasteiger partial charge in [0.15, 0.2) is 11.5 Å². The van der Waals surface area contributed by atoms with Crippen LogP contribution in [0.3, 0.4) is 0 Å². The van der Waals surface area contributed by atoms with E-state index in [2.05, 4.69) is 30.1 Å². The summed E-state index contributed by atoms with van der Waals surface area (Å²) in [5.74, 6) is 1.55. The Hall–Kier alpha value is -1.75. The molecule has 0 aliphatic carbocycles. The lowest BCUT2D eigenvalue weighted by molar-refractivity contribution is 0.260. The molecule has 0 amide bonds. The van der Waals surface area contributed by atoms with Gasteiger partial charge in [0.25, 0.3) is 0 Å². The average Bonchev–Trinajstić information content (AvgIpc) is 2.79. The smallest absolute Gasteiger partial charge is 0.166 e. The van der Waals surface area contributed by atoms with E-state index in [0.717, 1.165) is 53.7 Å². The molecular weight excluding hydrogens is 408 g/mol. The monoisotopic (exact) mass is 446 g/mol. The largest absolute Gasteiger partial charge is 0.493 e. The normalized spacial score (nSPS) is 11.1. The van der Waals surface area contributed by atoms with Crippen LogP contribution in [-0.4, -0.2) is 38.2 Å². The Labute approximate surface area is 193 Å². The number of rotatable bonds is 16. The summed E-state index contributed by atoms with van der Waals surface area (Å²) in [7, 11) is 1.68. The number of hydrogen-bond acceptors (Lipinski definition) is 4. The molecule has 4 nitrogen and oxygen atoms in total. The molecule has 0 aliphatic heterocycles. The topological polar surface area (TPSA) is 33.7 Å². The van der Waals surface area contributed by atoms with E-state index in [4.69, 9.17) is 21.1 Å². The van der Waals surface area contributed by atoms with E-state index >= 15 is 0 Å². The van der Waals surface area contributed by atoms with Crippen LogP contribution in [0.2, 0.25) is 5.02 Å². The first-order valence-electron chi connectivity index (χ1n) is 11.6. The van der Waals surface area contributed by atoms with Gasteiger partial charge < -0.3 is 19.7 Å². The van der Waals surface area contributed by atoms with Crippen LogP contribution in [0, 0.1) is 0 Å². The summed E-state index contributed by atoms with van der Waals surface area (Å²) in [5, 5.41) is 4.30. The van der Waals surface area contributed by atoms with Gasteiger partial charge in [-0.1, -0.05) is 62.6 Å². The van der Waals surface area contributed by atoms with Crippen LogP contribution < -0.4 is 14.8 Å². The van der Waals surface area contributed by atoms with Crippen LogP contribution in [0.25, 0.3) is 0 Å². The van der Waals surface area contributed by atoms with Gasteiger partial charge in [-0.15, -0.1) is 0 Å². The van der Waals surface area contributed by atoms with Gasteiger partial charge in [0.1, 0.15) is 6.61 Å². The number of nitrogens with zero attached hydrogens (tertiary/aromatic N) is 1. The Morgan fingerprint density at radius 2 is 1.65 bits per heavy atom. The molecule has 0 spiro atoms. The van der Waals surface area contributed by atoms with Crippen molar-refractivity contribution in [2.75, 3.05) is 33.3 Å².